The lowest BCUT2D eigenvalue weighted by atomic mass is 9.87. The largest absolute Gasteiger partial charge is 0.357 e. The highest BCUT2D eigenvalue weighted by atomic mass is 127. The lowest BCUT2D eigenvalue weighted by Crippen LogP contribution is -2.41. The normalized spacial score (nSPS) is 15.1. The number of halogens is 1. The lowest BCUT2D eigenvalue weighted by molar-refractivity contribution is -0.122. The average molecular weight is 507 g/mol. The van der Waals surface area contributed by atoms with Crippen molar-refractivity contribution in [3.8, 4) is 0 Å². The topological polar surface area (TPSA) is 78.4 Å². The molecule has 2 rings (SSSR count). The van der Waals surface area contributed by atoms with Crippen molar-refractivity contribution < 1.29 is 4.79 Å². The van der Waals surface area contributed by atoms with Crippen molar-refractivity contribution in [3.63, 3.8) is 0 Å². The molecule has 1 aliphatic carbocycles. The Balaban J connectivity index is 0.00000364. The second-order valence-corrected chi connectivity index (χ2v) is 7.92. The summed E-state index contributed by atoms with van der Waals surface area (Å²) in [6, 6.07) is 0. The molecule has 0 aromatic carbocycles. The van der Waals surface area contributed by atoms with Gasteiger partial charge in [-0.25, -0.2) is 4.98 Å². The lowest BCUT2D eigenvalue weighted by Gasteiger charge is -2.20. The molecule has 0 aliphatic heterocycles. The Bertz CT molecular complexity index is 572. The maximum Gasteiger partial charge on any atom is 0.220 e. The Kier molecular flexibility index (Phi) is 12.6. The second kappa shape index (κ2) is 14.1. The zero-order valence-electron chi connectivity index (χ0n) is 16.6. The van der Waals surface area contributed by atoms with Crippen molar-refractivity contribution in [2.45, 2.75) is 58.8 Å². The first-order chi connectivity index (χ1) is 12.7. The Morgan fingerprint density at radius 1 is 1.22 bits per heavy atom. The summed E-state index contributed by atoms with van der Waals surface area (Å²) in [5.41, 5.74) is 1.10. The van der Waals surface area contributed by atoms with Crippen LogP contribution in [-0.2, 0) is 11.2 Å². The fourth-order valence-corrected chi connectivity index (χ4v) is 3.90. The molecule has 1 aromatic rings. The van der Waals surface area contributed by atoms with E-state index >= 15 is 0 Å². The van der Waals surface area contributed by atoms with E-state index in [2.05, 4.69) is 31.3 Å². The van der Waals surface area contributed by atoms with E-state index in [0.29, 0.717) is 32.0 Å². The molecule has 6 nitrogen and oxygen atoms in total. The third-order valence-corrected chi connectivity index (χ3v) is 5.41. The van der Waals surface area contributed by atoms with Crippen molar-refractivity contribution in [1.29, 1.82) is 0 Å². The van der Waals surface area contributed by atoms with Crippen molar-refractivity contribution in [1.82, 2.24) is 20.9 Å². The van der Waals surface area contributed by atoms with Crippen LogP contribution in [0.2, 0.25) is 0 Å². The SMILES string of the molecule is CCNC(=NCCc1csc(C)n1)NCCNC(=O)CC1CCCCC1.I. The molecule has 0 spiro atoms. The van der Waals surface area contributed by atoms with Crippen LogP contribution in [-0.4, -0.2) is 43.0 Å². The van der Waals surface area contributed by atoms with Crippen LogP contribution in [0.4, 0.5) is 0 Å². The number of carbonyl (C=O) groups is 1. The van der Waals surface area contributed by atoms with E-state index in [4.69, 9.17) is 0 Å². The maximum absolute atomic E-state index is 12.0. The van der Waals surface area contributed by atoms with Gasteiger partial charge in [-0.3, -0.25) is 9.79 Å². The van der Waals surface area contributed by atoms with E-state index in [1.165, 1.54) is 32.1 Å². The summed E-state index contributed by atoms with van der Waals surface area (Å²) in [5, 5.41) is 12.7. The van der Waals surface area contributed by atoms with Gasteiger partial charge in [0.05, 0.1) is 10.7 Å². The Labute approximate surface area is 184 Å². The molecule has 0 saturated heterocycles. The standard InChI is InChI=1S/C19H33N5OS.HI/c1-3-20-19(22-10-9-17-14-26-15(2)24-17)23-12-11-21-18(25)13-16-7-5-4-6-8-16;/h14,16H,3-13H2,1-2H3,(H,21,25)(H2,20,22,23);1H. The maximum atomic E-state index is 12.0. The van der Waals surface area contributed by atoms with E-state index in [0.717, 1.165) is 29.6 Å². The van der Waals surface area contributed by atoms with Crippen LogP contribution in [0.15, 0.2) is 10.4 Å². The molecule has 0 bridgehead atoms. The number of hydrogen-bond acceptors (Lipinski definition) is 4. The molecule has 1 fully saturated rings. The summed E-state index contributed by atoms with van der Waals surface area (Å²) < 4.78 is 0. The van der Waals surface area contributed by atoms with Crippen molar-refractivity contribution >= 4 is 47.2 Å². The molecular weight excluding hydrogens is 473 g/mol. The van der Waals surface area contributed by atoms with Gasteiger partial charge in [0.15, 0.2) is 5.96 Å². The minimum Gasteiger partial charge on any atom is -0.357 e. The van der Waals surface area contributed by atoms with Gasteiger partial charge in [0.1, 0.15) is 0 Å². The molecule has 1 aliphatic rings. The molecule has 8 heteroatoms. The third kappa shape index (κ3) is 10.3. The number of rotatable bonds is 9. The molecule has 3 N–H and O–H groups in total. The molecule has 1 heterocycles. The first kappa shape index (κ1) is 24.1. The first-order valence-electron chi connectivity index (χ1n) is 9.87. The number of guanidine groups is 1. The van der Waals surface area contributed by atoms with Crippen LogP contribution in [0.25, 0.3) is 0 Å². The van der Waals surface area contributed by atoms with Gasteiger partial charge in [-0.05, 0) is 32.6 Å². The van der Waals surface area contributed by atoms with E-state index in [9.17, 15) is 4.79 Å². The van der Waals surface area contributed by atoms with E-state index in [1.54, 1.807) is 11.3 Å². The van der Waals surface area contributed by atoms with Gasteiger partial charge in [0.25, 0.3) is 0 Å². The van der Waals surface area contributed by atoms with Crippen molar-refractivity contribution in [2.24, 2.45) is 10.9 Å². The highest BCUT2D eigenvalue weighted by Gasteiger charge is 2.16. The minimum absolute atomic E-state index is 0. The number of nitrogens with zero attached hydrogens (tertiary/aromatic N) is 2. The Morgan fingerprint density at radius 2 is 1.96 bits per heavy atom. The molecule has 0 atom stereocenters. The quantitative estimate of drug-likeness (QED) is 0.208. The summed E-state index contributed by atoms with van der Waals surface area (Å²) in [7, 11) is 0. The first-order valence-corrected chi connectivity index (χ1v) is 10.7. The van der Waals surface area contributed by atoms with Crippen molar-refractivity contribution in [2.75, 3.05) is 26.2 Å². The van der Waals surface area contributed by atoms with E-state index in [-0.39, 0.29) is 29.9 Å². The van der Waals surface area contributed by atoms with Gasteiger partial charge >= 0.3 is 0 Å². The molecule has 154 valence electrons. The van der Waals surface area contributed by atoms with Gasteiger partial charge in [-0.1, -0.05) is 19.3 Å². The molecule has 0 unspecified atom stereocenters. The number of amides is 1. The second-order valence-electron chi connectivity index (χ2n) is 6.85. The highest BCUT2D eigenvalue weighted by Crippen LogP contribution is 2.25. The Morgan fingerprint density at radius 3 is 2.63 bits per heavy atom. The number of aliphatic imine (C=N–C) groups is 1. The van der Waals surface area contributed by atoms with Crippen LogP contribution >= 0.6 is 35.3 Å². The van der Waals surface area contributed by atoms with Crippen LogP contribution in [0, 0.1) is 12.8 Å². The minimum atomic E-state index is 0. The van der Waals surface area contributed by atoms with Gasteiger partial charge in [-0.2, -0.15) is 0 Å². The summed E-state index contributed by atoms with van der Waals surface area (Å²) in [6.07, 6.45) is 7.84. The number of hydrogen-bond donors (Lipinski definition) is 3. The fourth-order valence-electron chi connectivity index (χ4n) is 3.26. The number of carbonyl (C=O) groups excluding carboxylic acids is 1. The predicted molar refractivity (Wildman–Crippen MR) is 124 cm³/mol. The number of thiazole rings is 1. The molecular formula is C19H34IN5OS. The highest BCUT2D eigenvalue weighted by molar-refractivity contribution is 14.0. The predicted octanol–water partition coefficient (Wildman–Crippen LogP) is 3.25. The molecule has 1 saturated carbocycles. The summed E-state index contributed by atoms with van der Waals surface area (Å²) >= 11 is 1.67. The van der Waals surface area contributed by atoms with Gasteiger partial charge < -0.3 is 16.0 Å². The molecule has 1 aromatic heterocycles. The van der Waals surface area contributed by atoms with Gasteiger partial charge in [0.2, 0.25) is 5.91 Å². The van der Waals surface area contributed by atoms with Gasteiger partial charge in [0, 0.05) is 44.4 Å². The van der Waals surface area contributed by atoms with E-state index in [1.807, 2.05) is 13.8 Å². The van der Waals surface area contributed by atoms with Crippen LogP contribution in [0.3, 0.4) is 0 Å². The summed E-state index contributed by atoms with van der Waals surface area (Å²) in [5.74, 6) is 1.56. The zero-order chi connectivity index (χ0) is 18.6. The smallest absolute Gasteiger partial charge is 0.220 e. The summed E-state index contributed by atoms with van der Waals surface area (Å²) in [4.78, 5) is 21.1. The third-order valence-electron chi connectivity index (χ3n) is 4.59. The summed E-state index contributed by atoms with van der Waals surface area (Å²) in [6.45, 7) is 6.89. The van der Waals surface area contributed by atoms with E-state index < -0.39 is 0 Å². The molecule has 27 heavy (non-hydrogen) atoms. The average Bonchev–Trinajstić information content (AvgIpc) is 3.04. The van der Waals surface area contributed by atoms with Crippen LogP contribution in [0.5, 0.6) is 0 Å². The number of nitrogens with one attached hydrogen (secondary N) is 3. The monoisotopic (exact) mass is 507 g/mol. The molecule has 1 amide bonds. The number of aryl methyl sites for hydroxylation is 1. The fraction of sp³-hybridized carbons (Fsp3) is 0.737. The van der Waals surface area contributed by atoms with Gasteiger partial charge in [-0.15, -0.1) is 35.3 Å². The van der Waals surface area contributed by atoms with Crippen LogP contribution in [0.1, 0.15) is 56.2 Å². The van der Waals surface area contributed by atoms with Crippen LogP contribution < -0.4 is 16.0 Å². The zero-order valence-corrected chi connectivity index (χ0v) is 19.7. The number of aromatic nitrogens is 1. The Hall–Kier alpha value is -0.900. The molecule has 0 radical (unpaired) electrons. The van der Waals surface area contributed by atoms with Crippen molar-refractivity contribution in [3.05, 3.63) is 16.1 Å².